The van der Waals surface area contributed by atoms with Gasteiger partial charge in [-0.15, -0.1) is 0 Å². The number of hydrogen-bond donors (Lipinski definition) is 2. The van der Waals surface area contributed by atoms with Crippen LogP contribution in [-0.2, 0) is 9.59 Å². The van der Waals surface area contributed by atoms with Crippen LogP contribution in [0.5, 0.6) is 0 Å². The number of carbonyl (C=O) groups is 2. The van der Waals surface area contributed by atoms with Crippen molar-refractivity contribution >= 4 is 38.2 Å². The van der Waals surface area contributed by atoms with E-state index in [9.17, 15) is 9.59 Å². The first-order valence-electron chi connectivity index (χ1n) is 11.3. The molecule has 0 aliphatic rings. The third kappa shape index (κ3) is 26.0. The zero-order chi connectivity index (χ0) is 20.7. The number of carboxylic acids is 2. The molecule has 6 heteroatoms. The van der Waals surface area contributed by atoms with E-state index in [0.29, 0.717) is 12.8 Å². The van der Waals surface area contributed by atoms with E-state index < -0.39 is 11.9 Å². The van der Waals surface area contributed by atoms with E-state index in [1.807, 2.05) is 0 Å². The Bertz CT molecular complexity index is 330. The summed E-state index contributed by atoms with van der Waals surface area (Å²) in [5, 5.41) is 20.1. The van der Waals surface area contributed by atoms with Crippen molar-refractivity contribution < 1.29 is 19.8 Å². The fourth-order valence-electron chi connectivity index (χ4n) is 3.11. The van der Waals surface area contributed by atoms with Gasteiger partial charge in [0, 0.05) is 0 Å². The van der Waals surface area contributed by atoms with E-state index in [0.717, 1.165) is 51.9 Å². The molecule has 0 aromatic carbocycles. The molecular formula is C22H42O4Se2. The van der Waals surface area contributed by atoms with Crippen LogP contribution in [0.2, 0.25) is 10.6 Å². The van der Waals surface area contributed by atoms with Crippen LogP contribution in [0.25, 0.3) is 0 Å². The van der Waals surface area contributed by atoms with Gasteiger partial charge in [0.1, 0.15) is 0 Å². The molecule has 0 atom stereocenters. The Morgan fingerprint density at radius 1 is 0.429 bits per heavy atom. The summed E-state index contributed by atoms with van der Waals surface area (Å²) in [6, 6.07) is 0. The SMILES string of the molecule is O=C(O)CCCCCCCCCC[Se][Se]CCCCCCCCCCC(=O)O. The second-order valence-corrected chi connectivity index (χ2v) is 15.4. The van der Waals surface area contributed by atoms with Gasteiger partial charge in [0.2, 0.25) is 0 Å². The van der Waals surface area contributed by atoms with Gasteiger partial charge in [-0.05, 0) is 0 Å². The molecule has 166 valence electrons. The molecule has 0 aromatic heterocycles. The second kappa shape index (κ2) is 23.3. The normalized spacial score (nSPS) is 11.0. The van der Waals surface area contributed by atoms with Crippen LogP contribution in [0.1, 0.15) is 116 Å². The van der Waals surface area contributed by atoms with E-state index in [4.69, 9.17) is 10.2 Å². The van der Waals surface area contributed by atoms with Gasteiger partial charge < -0.3 is 0 Å². The van der Waals surface area contributed by atoms with Crippen molar-refractivity contribution in [1.29, 1.82) is 0 Å². The fraction of sp³-hybridized carbons (Fsp3) is 0.909. The van der Waals surface area contributed by atoms with E-state index in [1.165, 1.54) is 87.7 Å². The Balaban J connectivity index is 3.01. The monoisotopic (exact) mass is 530 g/mol. The third-order valence-electron chi connectivity index (χ3n) is 4.82. The molecule has 0 saturated heterocycles. The van der Waals surface area contributed by atoms with E-state index in [-0.39, 0.29) is 0 Å². The molecule has 0 heterocycles. The summed E-state index contributed by atoms with van der Waals surface area (Å²) >= 11 is 1.82. The zero-order valence-corrected chi connectivity index (χ0v) is 21.1. The Kier molecular flexibility index (Phi) is 23.2. The Morgan fingerprint density at radius 3 is 0.964 bits per heavy atom. The molecule has 0 fully saturated rings. The van der Waals surface area contributed by atoms with Crippen LogP contribution in [0.3, 0.4) is 0 Å². The molecule has 0 amide bonds. The van der Waals surface area contributed by atoms with Crippen LogP contribution < -0.4 is 0 Å². The van der Waals surface area contributed by atoms with Crippen LogP contribution in [0.15, 0.2) is 0 Å². The average Bonchev–Trinajstić information content (AvgIpc) is 2.65. The van der Waals surface area contributed by atoms with Gasteiger partial charge in [-0.3, -0.25) is 0 Å². The number of unbranched alkanes of at least 4 members (excludes halogenated alkanes) is 14. The van der Waals surface area contributed by atoms with Gasteiger partial charge in [0.05, 0.1) is 0 Å². The van der Waals surface area contributed by atoms with Crippen molar-refractivity contribution in [3.8, 4) is 0 Å². The molecule has 0 radical (unpaired) electrons. The molecule has 0 saturated carbocycles. The van der Waals surface area contributed by atoms with Gasteiger partial charge >= 0.3 is 184 Å². The van der Waals surface area contributed by atoms with Crippen molar-refractivity contribution in [2.24, 2.45) is 0 Å². The molecular weight excluding hydrogens is 486 g/mol. The van der Waals surface area contributed by atoms with Gasteiger partial charge in [-0.2, -0.15) is 0 Å². The van der Waals surface area contributed by atoms with Crippen LogP contribution in [0, 0.1) is 0 Å². The van der Waals surface area contributed by atoms with Crippen LogP contribution >= 0.6 is 0 Å². The van der Waals surface area contributed by atoms with Crippen LogP contribution in [-0.4, -0.2) is 48.4 Å². The number of aliphatic carboxylic acids is 2. The molecule has 0 bridgehead atoms. The van der Waals surface area contributed by atoms with Crippen LogP contribution in [0.4, 0.5) is 0 Å². The topological polar surface area (TPSA) is 74.6 Å². The van der Waals surface area contributed by atoms with Crippen molar-refractivity contribution in [2.45, 2.75) is 126 Å². The molecule has 4 nitrogen and oxygen atoms in total. The second-order valence-electron chi connectivity index (χ2n) is 7.59. The van der Waals surface area contributed by atoms with Crippen molar-refractivity contribution in [2.75, 3.05) is 0 Å². The zero-order valence-electron chi connectivity index (χ0n) is 17.7. The Morgan fingerprint density at radius 2 is 0.679 bits per heavy atom. The van der Waals surface area contributed by atoms with E-state index >= 15 is 0 Å². The minimum atomic E-state index is -0.662. The molecule has 28 heavy (non-hydrogen) atoms. The Labute approximate surface area is 183 Å². The first-order valence-corrected chi connectivity index (χ1v) is 18.1. The summed E-state index contributed by atoms with van der Waals surface area (Å²) in [6.45, 7) is 0. The molecule has 0 aliphatic carbocycles. The van der Waals surface area contributed by atoms with Crippen molar-refractivity contribution in [1.82, 2.24) is 0 Å². The third-order valence-corrected chi connectivity index (χ3v) is 12.5. The molecule has 2 N–H and O–H groups in total. The van der Waals surface area contributed by atoms with E-state index in [2.05, 4.69) is 0 Å². The minimum absolute atomic E-state index is 0.333. The van der Waals surface area contributed by atoms with Crippen molar-refractivity contribution in [3.63, 3.8) is 0 Å². The summed E-state index contributed by atoms with van der Waals surface area (Å²) in [5.41, 5.74) is 0. The summed E-state index contributed by atoms with van der Waals surface area (Å²) < 4.78 is 0. The fourth-order valence-corrected chi connectivity index (χ4v) is 10.1. The van der Waals surface area contributed by atoms with Crippen molar-refractivity contribution in [3.05, 3.63) is 0 Å². The first-order chi connectivity index (χ1) is 13.6. The standard InChI is InChI=1S/C22H42O4Se2/c23-21(24)17-13-9-5-1-3-7-11-15-19-27-28-20-16-12-8-4-2-6-10-14-18-22(25)26/h1-20H2,(H,23,24)(H,25,26). The Hall–Kier alpha value is -0.0210. The number of hydrogen-bond acceptors (Lipinski definition) is 2. The first kappa shape index (κ1) is 28.0. The number of rotatable bonds is 23. The quantitative estimate of drug-likeness (QED) is 0.120. The summed E-state index contributed by atoms with van der Waals surface area (Å²) in [4.78, 5) is 20.8. The maximum absolute atomic E-state index is 10.4. The van der Waals surface area contributed by atoms with Gasteiger partial charge in [0.25, 0.3) is 0 Å². The predicted octanol–water partition coefficient (Wildman–Crippen LogP) is 6.34. The maximum atomic E-state index is 10.4. The van der Waals surface area contributed by atoms with Gasteiger partial charge in [-0.25, -0.2) is 0 Å². The van der Waals surface area contributed by atoms with E-state index in [1.54, 1.807) is 0 Å². The van der Waals surface area contributed by atoms with Gasteiger partial charge in [0.15, 0.2) is 0 Å². The summed E-state index contributed by atoms with van der Waals surface area (Å²) in [5.74, 6) is -1.32. The molecule has 0 spiro atoms. The number of carboxylic acid groups (broad SMARTS) is 2. The predicted molar refractivity (Wildman–Crippen MR) is 119 cm³/mol. The molecule has 0 unspecified atom stereocenters. The van der Waals surface area contributed by atoms with Gasteiger partial charge in [-0.1, -0.05) is 0 Å². The molecule has 0 aromatic rings. The summed E-state index contributed by atoms with van der Waals surface area (Å²) in [7, 11) is 0. The summed E-state index contributed by atoms with van der Waals surface area (Å²) in [6.07, 6.45) is 20.4. The molecule has 0 aliphatic heterocycles. The average molecular weight is 528 g/mol. The molecule has 0 rings (SSSR count).